The van der Waals surface area contributed by atoms with Gasteiger partial charge in [0.15, 0.2) is 0 Å². The molecule has 0 amide bonds. The molecule has 2 rings (SSSR count). The van der Waals surface area contributed by atoms with E-state index >= 15 is 0 Å². The first kappa shape index (κ1) is 13.7. The molecule has 0 spiro atoms. The van der Waals surface area contributed by atoms with E-state index < -0.39 is 19.1 Å². The lowest BCUT2D eigenvalue weighted by atomic mass is 10.1. The maximum atomic E-state index is 12.2. The van der Waals surface area contributed by atoms with Crippen molar-refractivity contribution < 1.29 is 13.5 Å². The van der Waals surface area contributed by atoms with Crippen LogP contribution in [0.2, 0.25) is 5.02 Å². The van der Waals surface area contributed by atoms with Crippen LogP contribution in [0.15, 0.2) is 24.3 Å². The summed E-state index contributed by atoms with van der Waals surface area (Å²) in [5.74, 6) is 0. The quantitative estimate of drug-likeness (QED) is 0.823. The molecule has 1 aromatic carbocycles. The molecule has 0 aliphatic heterocycles. The lowest BCUT2D eigenvalue weighted by Gasteiger charge is -2.20. The van der Waals surface area contributed by atoms with E-state index in [4.69, 9.17) is 16.3 Å². The van der Waals surface area contributed by atoms with Gasteiger partial charge < -0.3 is 10.1 Å². The maximum Gasteiger partial charge on any atom is 0.261 e. The lowest BCUT2D eigenvalue weighted by Crippen LogP contribution is -2.26. The molecule has 0 radical (unpaired) electrons. The average molecular weight is 276 g/mol. The van der Waals surface area contributed by atoms with Gasteiger partial charge in [-0.3, -0.25) is 0 Å². The SMILES string of the molecule is FC(F)COC(CNC1CC1)c1ccccc1Cl. The van der Waals surface area contributed by atoms with Crippen molar-refractivity contribution in [1.82, 2.24) is 5.32 Å². The third-order valence-electron chi connectivity index (χ3n) is 2.84. The minimum absolute atomic E-state index is 0.423. The van der Waals surface area contributed by atoms with Gasteiger partial charge in [-0.1, -0.05) is 29.8 Å². The third-order valence-corrected chi connectivity index (χ3v) is 3.19. The van der Waals surface area contributed by atoms with Crippen LogP contribution in [0, 0.1) is 0 Å². The molecule has 5 heteroatoms. The van der Waals surface area contributed by atoms with Gasteiger partial charge in [0.05, 0.1) is 6.10 Å². The number of halogens is 3. The number of rotatable bonds is 7. The third kappa shape index (κ3) is 4.19. The normalized spacial score (nSPS) is 17.1. The Morgan fingerprint density at radius 2 is 2.06 bits per heavy atom. The molecule has 1 atom stereocenters. The summed E-state index contributed by atoms with van der Waals surface area (Å²) in [6.07, 6.45) is -0.599. The monoisotopic (exact) mass is 275 g/mol. The van der Waals surface area contributed by atoms with Crippen LogP contribution in [0.4, 0.5) is 8.78 Å². The summed E-state index contributed by atoms with van der Waals surface area (Å²) in [5.41, 5.74) is 0.757. The lowest BCUT2D eigenvalue weighted by molar-refractivity contribution is -0.0247. The number of ether oxygens (including phenoxy) is 1. The first-order valence-corrected chi connectivity index (χ1v) is 6.42. The van der Waals surface area contributed by atoms with Gasteiger partial charge in [-0.2, -0.15) is 0 Å². The van der Waals surface area contributed by atoms with Crippen LogP contribution in [-0.2, 0) is 4.74 Å². The predicted molar refractivity (Wildman–Crippen MR) is 67.2 cm³/mol. The maximum absolute atomic E-state index is 12.2. The molecule has 1 fully saturated rings. The van der Waals surface area contributed by atoms with Crippen LogP contribution < -0.4 is 5.32 Å². The van der Waals surface area contributed by atoms with Crippen molar-refractivity contribution in [3.8, 4) is 0 Å². The van der Waals surface area contributed by atoms with Gasteiger partial charge in [0.2, 0.25) is 0 Å². The molecule has 1 unspecified atom stereocenters. The second-order valence-electron chi connectivity index (χ2n) is 4.42. The van der Waals surface area contributed by atoms with Crippen molar-refractivity contribution in [2.24, 2.45) is 0 Å². The van der Waals surface area contributed by atoms with Gasteiger partial charge in [-0.25, -0.2) is 8.78 Å². The Morgan fingerprint density at radius 1 is 1.33 bits per heavy atom. The largest absolute Gasteiger partial charge is 0.366 e. The highest BCUT2D eigenvalue weighted by molar-refractivity contribution is 6.31. The fourth-order valence-electron chi connectivity index (χ4n) is 1.74. The van der Waals surface area contributed by atoms with E-state index in [2.05, 4.69) is 5.32 Å². The molecular formula is C13H16ClF2NO. The number of hydrogen-bond acceptors (Lipinski definition) is 2. The first-order chi connectivity index (χ1) is 8.66. The zero-order valence-corrected chi connectivity index (χ0v) is 10.7. The highest BCUT2D eigenvalue weighted by Crippen LogP contribution is 2.27. The van der Waals surface area contributed by atoms with Crippen LogP contribution >= 0.6 is 11.6 Å². The second-order valence-corrected chi connectivity index (χ2v) is 4.82. The minimum atomic E-state index is -2.46. The highest BCUT2D eigenvalue weighted by Gasteiger charge is 2.24. The number of alkyl halides is 2. The molecule has 0 bridgehead atoms. The van der Waals surface area contributed by atoms with Crippen LogP contribution in [0.5, 0.6) is 0 Å². The Kier molecular flexibility index (Phi) is 4.92. The number of nitrogens with one attached hydrogen (secondary N) is 1. The molecule has 1 N–H and O–H groups in total. The van der Waals surface area contributed by atoms with Gasteiger partial charge >= 0.3 is 0 Å². The highest BCUT2D eigenvalue weighted by atomic mass is 35.5. The number of hydrogen-bond donors (Lipinski definition) is 1. The van der Waals surface area contributed by atoms with E-state index in [-0.39, 0.29) is 0 Å². The summed E-state index contributed by atoms with van der Waals surface area (Å²) in [6.45, 7) is -0.0522. The zero-order valence-electron chi connectivity index (χ0n) is 9.91. The molecule has 2 nitrogen and oxygen atoms in total. The Labute approximate surface area is 110 Å². The van der Waals surface area contributed by atoms with Crippen LogP contribution in [0.3, 0.4) is 0 Å². The van der Waals surface area contributed by atoms with Crippen molar-refractivity contribution in [2.75, 3.05) is 13.2 Å². The molecular weight excluding hydrogens is 260 g/mol. The van der Waals surface area contributed by atoms with Crippen molar-refractivity contribution in [1.29, 1.82) is 0 Å². The average Bonchev–Trinajstić information content (AvgIpc) is 3.14. The van der Waals surface area contributed by atoms with Gasteiger partial charge in [0.25, 0.3) is 6.43 Å². The van der Waals surface area contributed by atoms with Crippen LogP contribution in [0.25, 0.3) is 0 Å². The summed E-state index contributed by atoms with van der Waals surface area (Å²) in [7, 11) is 0. The molecule has 18 heavy (non-hydrogen) atoms. The smallest absolute Gasteiger partial charge is 0.261 e. The molecule has 0 aromatic heterocycles. The fraction of sp³-hybridized carbons (Fsp3) is 0.538. The Morgan fingerprint density at radius 3 is 2.67 bits per heavy atom. The summed E-state index contributed by atoms with van der Waals surface area (Å²) < 4.78 is 29.7. The second kappa shape index (κ2) is 6.45. The molecule has 1 saturated carbocycles. The molecule has 100 valence electrons. The Hall–Kier alpha value is -0.710. The fourth-order valence-corrected chi connectivity index (χ4v) is 2.00. The van der Waals surface area contributed by atoms with Gasteiger partial charge in [-0.05, 0) is 18.9 Å². The van der Waals surface area contributed by atoms with E-state index in [1.807, 2.05) is 18.2 Å². The summed E-state index contributed by atoms with van der Waals surface area (Å²) in [5, 5.41) is 3.83. The van der Waals surface area contributed by atoms with E-state index in [9.17, 15) is 8.78 Å². The molecule has 0 heterocycles. The van der Waals surface area contributed by atoms with Crippen LogP contribution in [-0.4, -0.2) is 25.6 Å². The number of benzene rings is 1. The van der Waals surface area contributed by atoms with Gasteiger partial charge in [-0.15, -0.1) is 0 Å². The predicted octanol–water partition coefficient (Wildman–Crippen LogP) is 3.41. The van der Waals surface area contributed by atoms with Gasteiger partial charge in [0.1, 0.15) is 6.61 Å². The molecule has 1 aliphatic carbocycles. The molecule has 0 saturated heterocycles. The Bertz CT molecular complexity index is 379. The summed E-state index contributed by atoms with van der Waals surface area (Å²) in [6, 6.07) is 7.70. The zero-order chi connectivity index (χ0) is 13.0. The molecule has 1 aromatic rings. The van der Waals surface area contributed by atoms with Gasteiger partial charge in [0, 0.05) is 23.2 Å². The van der Waals surface area contributed by atoms with Crippen molar-refractivity contribution in [2.45, 2.75) is 31.4 Å². The first-order valence-electron chi connectivity index (χ1n) is 6.04. The Balaban J connectivity index is 1.99. The standard InChI is InChI=1S/C13H16ClF2NO/c14-11-4-2-1-3-10(11)12(18-8-13(15)16)7-17-9-5-6-9/h1-4,9,12-13,17H,5-8H2. The van der Waals surface area contributed by atoms with Crippen LogP contribution in [0.1, 0.15) is 24.5 Å². The van der Waals surface area contributed by atoms with E-state index in [1.165, 1.54) is 0 Å². The van der Waals surface area contributed by atoms with Crippen molar-refractivity contribution >= 4 is 11.6 Å². The molecule has 1 aliphatic rings. The van der Waals surface area contributed by atoms with E-state index in [0.29, 0.717) is 17.6 Å². The van der Waals surface area contributed by atoms with Crippen molar-refractivity contribution in [3.05, 3.63) is 34.9 Å². The van der Waals surface area contributed by atoms with E-state index in [1.54, 1.807) is 6.07 Å². The minimum Gasteiger partial charge on any atom is -0.366 e. The van der Waals surface area contributed by atoms with E-state index in [0.717, 1.165) is 18.4 Å². The summed E-state index contributed by atoms with van der Waals surface area (Å²) >= 11 is 6.07. The van der Waals surface area contributed by atoms with Crippen molar-refractivity contribution in [3.63, 3.8) is 0 Å². The summed E-state index contributed by atoms with van der Waals surface area (Å²) in [4.78, 5) is 0. The topological polar surface area (TPSA) is 21.3 Å².